The van der Waals surface area contributed by atoms with Crippen LogP contribution in [-0.2, 0) is 6.42 Å². The van der Waals surface area contributed by atoms with E-state index in [1.54, 1.807) is 0 Å². The summed E-state index contributed by atoms with van der Waals surface area (Å²) in [5.74, 6) is 1.51. The molecule has 2 aromatic rings. The number of hydrogen-bond acceptors (Lipinski definition) is 2. The van der Waals surface area contributed by atoms with Crippen molar-refractivity contribution in [1.82, 2.24) is 5.32 Å². The number of nitrogens with one attached hydrogen (secondary N) is 1. The summed E-state index contributed by atoms with van der Waals surface area (Å²) in [6, 6.07) is 16.1. The van der Waals surface area contributed by atoms with Gasteiger partial charge in [0.2, 0.25) is 0 Å². The molecule has 3 nitrogen and oxygen atoms in total. The number of carbonyl (C=O) groups is 1. The second kappa shape index (κ2) is 9.80. The number of carbonyl (C=O) groups excluding carboxylic acids is 1. The highest BCUT2D eigenvalue weighted by Gasteiger charge is 2.30. The first-order valence-corrected chi connectivity index (χ1v) is 11.4. The smallest absolute Gasteiger partial charge is 0.251 e. The van der Waals surface area contributed by atoms with E-state index >= 15 is 0 Å². The lowest BCUT2D eigenvalue weighted by molar-refractivity contribution is 0.0904. The van der Waals surface area contributed by atoms with Gasteiger partial charge in [-0.2, -0.15) is 0 Å². The van der Waals surface area contributed by atoms with Crippen molar-refractivity contribution >= 4 is 21.8 Å². The fourth-order valence-electron chi connectivity index (χ4n) is 4.06. The standard InChI is InChI=1S/C25H32BrNO2/c1-25(2,3)20-10-12-21(13-11-20)27-24(28)19-9-14-23(22(26)17-19)29-16-15-18-7-5-4-6-8-18/h4-9,14,17,20-21H,10-13,15-16H2,1-3H3,(H,27,28). The van der Waals surface area contributed by atoms with Crippen LogP contribution in [0.4, 0.5) is 0 Å². The Morgan fingerprint density at radius 2 is 1.76 bits per heavy atom. The Bertz CT molecular complexity index is 805. The molecule has 0 heterocycles. The first-order chi connectivity index (χ1) is 13.8. The van der Waals surface area contributed by atoms with E-state index in [0.29, 0.717) is 17.6 Å². The minimum Gasteiger partial charge on any atom is -0.492 e. The average Bonchev–Trinajstić information content (AvgIpc) is 2.69. The van der Waals surface area contributed by atoms with E-state index in [0.717, 1.165) is 35.4 Å². The zero-order valence-corrected chi connectivity index (χ0v) is 19.3. The van der Waals surface area contributed by atoms with Crippen molar-refractivity contribution in [2.45, 2.75) is 58.9 Å². The van der Waals surface area contributed by atoms with E-state index in [4.69, 9.17) is 4.74 Å². The molecule has 29 heavy (non-hydrogen) atoms. The molecule has 3 rings (SSSR count). The van der Waals surface area contributed by atoms with Crippen LogP contribution in [0.3, 0.4) is 0 Å². The van der Waals surface area contributed by atoms with Gasteiger partial charge in [-0.05, 0) is 76.7 Å². The predicted molar refractivity (Wildman–Crippen MR) is 122 cm³/mol. The number of ether oxygens (including phenoxy) is 1. The van der Waals surface area contributed by atoms with Gasteiger partial charge in [0.05, 0.1) is 11.1 Å². The Morgan fingerprint density at radius 1 is 1.07 bits per heavy atom. The Balaban J connectivity index is 1.49. The SMILES string of the molecule is CC(C)(C)C1CCC(NC(=O)c2ccc(OCCc3ccccc3)c(Br)c2)CC1. The van der Waals surface area contributed by atoms with Crippen LogP contribution in [-0.4, -0.2) is 18.6 Å². The Morgan fingerprint density at radius 3 is 2.38 bits per heavy atom. The Hall–Kier alpha value is -1.81. The molecule has 0 unspecified atom stereocenters. The molecule has 0 aromatic heterocycles. The fourth-order valence-corrected chi connectivity index (χ4v) is 4.55. The minimum atomic E-state index is 0.000689. The van der Waals surface area contributed by atoms with Gasteiger partial charge in [-0.3, -0.25) is 4.79 Å². The van der Waals surface area contributed by atoms with Crippen molar-refractivity contribution in [1.29, 1.82) is 0 Å². The average molecular weight is 458 g/mol. The lowest BCUT2D eigenvalue weighted by Gasteiger charge is -2.37. The predicted octanol–water partition coefficient (Wildman–Crippen LogP) is 6.41. The summed E-state index contributed by atoms with van der Waals surface area (Å²) >= 11 is 3.55. The van der Waals surface area contributed by atoms with Crippen molar-refractivity contribution in [3.05, 3.63) is 64.1 Å². The van der Waals surface area contributed by atoms with Gasteiger partial charge in [0.1, 0.15) is 5.75 Å². The molecule has 0 radical (unpaired) electrons. The van der Waals surface area contributed by atoms with Crippen LogP contribution in [0.5, 0.6) is 5.75 Å². The Labute approximate surface area is 183 Å². The summed E-state index contributed by atoms with van der Waals surface area (Å²) in [6.07, 6.45) is 5.36. The molecule has 0 atom stereocenters. The first kappa shape index (κ1) is 21.9. The molecule has 0 aliphatic heterocycles. The third-order valence-corrected chi connectivity index (χ3v) is 6.59. The summed E-state index contributed by atoms with van der Waals surface area (Å²) in [7, 11) is 0. The number of benzene rings is 2. The third kappa shape index (κ3) is 6.33. The van der Waals surface area contributed by atoms with Crippen molar-refractivity contribution in [2.75, 3.05) is 6.61 Å². The lowest BCUT2D eigenvalue weighted by atomic mass is 9.71. The van der Waals surface area contributed by atoms with E-state index in [1.165, 1.54) is 18.4 Å². The summed E-state index contributed by atoms with van der Waals surface area (Å²) in [6.45, 7) is 7.55. The van der Waals surface area contributed by atoms with Crippen molar-refractivity contribution in [3.8, 4) is 5.75 Å². The third-order valence-electron chi connectivity index (χ3n) is 5.97. The van der Waals surface area contributed by atoms with E-state index in [1.807, 2.05) is 36.4 Å². The van der Waals surface area contributed by atoms with Gasteiger partial charge in [-0.15, -0.1) is 0 Å². The van der Waals surface area contributed by atoms with Crippen LogP contribution in [0.1, 0.15) is 62.4 Å². The minimum absolute atomic E-state index is 0.000689. The highest BCUT2D eigenvalue weighted by Crippen LogP contribution is 2.37. The second-order valence-electron chi connectivity index (χ2n) is 9.12. The summed E-state index contributed by atoms with van der Waals surface area (Å²) in [5, 5.41) is 3.22. The van der Waals surface area contributed by atoms with Gasteiger partial charge in [0.15, 0.2) is 0 Å². The monoisotopic (exact) mass is 457 g/mol. The topological polar surface area (TPSA) is 38.3 Å². The van der Waals surface area contributed by atoms with Crippen LogP contribution in [0, 0.1) is 11.3 Å². The van der Waals surface area contributed by atoms with E-state index in [2.05, 4.69) is 54.2 Å². The lowest BCUT2D eigenvalue weighted by Crippen LogP contribution is -2.39. The molecule has 0 spiro atoms. The van der Waals surface area contributed by atoms with Gasteiger partial charge < -0.3 is 10.1 Å². The molecule has 1 saturated carbocycles. The fraction of sp³-hybridized carbons (Fsp3) is 0.480. The van der Waals surface area contributed by atoms with E-state index < -0.39 is 0 Å². The van der Waals surface area contributed by atoms with Crippen LogP contribution < -0.4 is 10.1 Å². The molecule has 1 N–H and O–H groups in total. The maximum atomic E-state index is 12.7. The molecular weight excluding hydrogens is 426 g/mol. The zero-order chi connectivity index (χ0) is 20.9. The summed E-state index contributed by atoms with van der Waals surface area (Å²) in [5.41, 5.74) is 2.28. The van der Waals surface area contributed by atoms with Gasteiger partial charge in [0.25, 0.3) is 5.91 Å². The van der Waals surface area contributed by atoms with Gasteiger partial charge in [-0.25, -0.2) is 0 Å². The second-order valence-corrected chi connectivity index (χ2v) is 9.97. The highest BCUT2D eigenvalue weighted by atomic mass is 79.9. The quantitative estimate of drug-likeness (QED) is 0.544. The molecule has 1 amide bonds. The van der Waals surface area contributed by atoms with Crippen LogP contribution in [0.15, 0.2) is 53.0 Å². The van der Waals surface area contributed by atoms with Gasteiger partial charge in [-0.1, -0.05) is 51.1 Å². The number of halogens is 1. The van der Waals surface area contributed by atoms with E-state index in [-0.39, 0.29) is 11.9 Å². The Kier molecular flexibility index (Phi) is 7.39. The zero-order valence-electron chi connectivity index (χ0n) is 17.7. The molecule has 1 aliphatic rings. The summed E-state index contributed by atoms with van der Waals surface area (Å²) in [4.78, 5) is 12.7. The molecule has 1 aliphatic carbocycles. The maximum Gasteiger partial charge on any atom is 0.251 e. The molecule has 0 saturated heterocycles. The molecular formula is C25H32BrNO2. The van der Waals surface area contributed by atoms with Crippen LogP contribution >= 0.6 is 15.9 Å². The first-order valence-electron chi connectivity index (χ1n) is 10.6. The van der Waals surface area contributed by atoms with Crippen molar-refractivity contribution in [2.24, 2.45) is 11.3 Å². The molecule has 0 bridgehead atoms. The number of amides is 1. The van der Waals surface area contributed by atoms with Crippen LogP contribution in [0.25, 0.3) is 0 Å². The molecule has 4 heteroatoms. The van der Waals surface area contributed by atoms with Crippen molar-refractivity contribution < 1.29 is 9.53 Å². The maximum absolute atomic E-state index is 12.7. The molecule has 2 aromatic carbocycles. The number of rotatable bonds is 6. The van der Waals surface area contributed by atoms with Crippen molar-refractivity contribution in [3.63, 3.8) is 0 Å². The molecule has 1 fully saturated rings. The van der Waals surface area contributed by atoms with Gasteiger partial charge >= 0.3 is 0 Å². The number of hydrogen-bond donors (Lipinski definition) is 1. The van der Waals surface area contributed by atoms with E-state index in [9.17, 15) is 4.79 Å². The normalized spacial score (nSPS) is 19.6. The largest absolute Gasteiger partial charge is 0.492 e. The summed E-state index contributed by atoms with van der Waals surface area (Å²) < 4.78 is 6.70. The van der Waals surface area contributed by atoms with Crippen LogP contribution in [0.2, 0.25) is 0 Å². The van der Waals surface area contributed by atoms with Gasteiger partial charge in [0, 0.05) is 18.0 Å². The molecule has 156 valence electrons. The highest BCUT2D eigenvalue weighted by molar-refractivity contribution is 9.10.